The van der Waals surface area contributed by atoms with Crippen LogP contribution in [0, 0.1) is 5.82 Å². The van der Waals surface area contributed by atoms with E-state index in [2.05, 4.69) is 10.1 Å². The summed E-state index contributed by atoms with van der Waals surface area (Å²) in [6.45, 7) is -0.143. The lowest BCUT2D eigenvalue weighted by atomic mass is 10.2. The van der Waals surface area contributed by atoms with Gasteiger partial charge in [0.2, 0.25) is 5.82 Å². The molecule has 0 bridgehead atoms. The second-order valence-electron chi connectivity index (χ2n) is 5.32. The fourth-order valence-corrected chi connectivity index (χ4v) is 3.16. The summed E-state index contributed by atoms with van der Waals surface area (Å²) in [6, 6.07) is 11.3. The summed E-state index contributed by atoms with van der Waals surface area (Å²) in [4.78, 5) is 17.0. The molecule has 4 rings (SSSR count). The number of thiophene rings is 1. The van der Waals surface area contributed by atoms with Crippen molar-refractivity contribution in [2.24, 2.45) is 0 Å². The first-order valence-corrected chi connectivity index (χ1v) is 8.55. The Morgan fingerprint density at radius 3 is 2.73 bits per heavy atom. The normalized spacial score (nSPS) is 10.8. The van der Waals surface area contributed by atoms with Crippen LogP contribution in [0.4, 0.5) is 4.39 Å². The van der Waals surface area contributed by atoms with Crippen molar-refractivity contribution < 1.29 is 18.4 Å². The van der Waals surface area contributed by atoms with Crippen LogP contribution < -0.4 is 0 Å². The highest BCUT2D eigenvalue weighted by molar-refractivity contribution is 7.12. The van der Waals surface area contributed by atoms with Gasteiger partial charge in [-0.1, -0.05) is 5.16 Å². The van der Waals surface area contributed by atoms with E-state index in [1.807, 2.05) is 40.5 Å². The monoisotopic (exact) mass is 369 g/mol. The third kappa shape index (κ3) is 3.27. The fraction of sp³-hybridized carbons (Fsp3) is 0.0556. The molecular weight excluding hydrogens is 357 g/mol. The Morgan fingerprint density at radius 1 is 1.19 bits per heavy atom. The van der Waals surface area contributed by atoms with Crippen molar-refractivity contribution in [1.82, 2.24) is 14.7 Å². The molecule has 130 valence electrons. The molecule has 0 saturated carbocycles. The molecule has 3 heterocycles. The number of rotatable bonds is 5. The average molecular weight is 369 g/mol. The maximum Gasteiger partial charge on any atom is 0.350 e. The molecular formula is C18H12FN3O3S. The van der Waals surface area contributed by atoms with Gasteiger partial charge in [-0.25, -0.2) is 9.18 Å². The number of aromatic nitrogens is 3. The van der Waals surface area contributed by atoms with E-state index in [-0.39, 0.29) is 18.3 Å². The van der Waals surface area contributed by atoms with Gasteiger partial charge in [0, 0.05) is 18.0 Å². The Balaban J connectivity index is 1.44. The molecule has 1 aromatic carbocycles. The highest BCUT2D eigenvalue weighted by Crippen LogP contribution is 2.23. The Hall–Kier alpha value is -3.26. The maximum absolute atomic E-state index is 13.0. The molecule has 0 saturated heterocycles. The predicted octanol–water partition coefficient (Wildman–Crippen LogP) is 4.08. The van der Waals surface area contributed by atoms with Gasteiger partial charge in [0.15, 0.2) is 6.61 Å². The van der Waals surface area contributed by atoms with Crippen molar-refractivity contribution in [3.63, 3.8) is 0 Å². The van der Waals surface area contributed by atoms with Gasteiger partial charge in [0.25, 0.3) is 5.89 Å². The van der Waals surface area contributed by atoms with Crippen LogP contribution in [0.25, 0.3) is 17.1 Å². The molecule has 0 amide bonds. The minimum Gasteiger partial charge on any atom is -0.451 e. The summed E-state index contributed by atoms with van der Waals surface area (Å²) >= 11 is 1.30. The zero-order valence-corrected chi connectivity index (χ0v) is 14.1. The third-order valence-corrected chi connectivity index (χ3v) is 4.49. The van der Waals surface area contributed by atoms with Crippen molar-refractivity contribution in [3.05, 3.63) is 76.8 Å². The number of carbonyl (C=O) groups is 1. The molecule has 0 fully saturated rings. The minimum atomic E-state index is -0.467. The summed E-state index contributed by atoms with van der Waals surface area (Å²) in [6.07, 6.45) is 3.71. The summed E-state index contributed by atoms with van der Waals surface area (Å²) in [5.74, 6) is -0.344. The van der Waals surface area contributed by atoms with Gasteiger partial charge in [-0.3, -0.25) is 0 Å². The molecule has 0 aliphatic rings. The average Bonchev–Trinajstić information content (AvgIpc) is 3.40. The Kier molecular flexibility index (Phi) is 4.32. The van der Waals surface area contributed by atoms with Gasteiger partial charge >= 0.3 is 5.97 Å². The number of esters is 1. The number of benzene rings is 1. The van der Waals surface area contributed by atoms with E-state index in [0.29, 0.717) is 16.3 Å². The van der Waals surface area contributed by atoms with Gasteiger partial charge in [-0.05, 0) is 47.8 Å². The maximum atomic E-state index is 13.0. The van der Waals surface area contributed by atoms with E-state index in [1.54, 1.807) is 12.1 Å². The first kappa shape index (κ1) is 16.2. The van der Waals surface area contributed by atoms with Crippen molar-refractivity contribution in [1.29, 1.82) is 0 Å². The van der Waals surface area contributed by atoms with Gasteiger partial charge in [-0.15, -0.1) is 11.3 Å². The molecule has 6 nitrogen and oxygen atoms in total. The Labute approximate surface area is 151 Å². The molecule has 3 aromatic heterocycles. The zero-order chi connectivity index (χ0) is 17.9. The van der Waals surface area contributed by atoms with E-state index in [0.717, 1.165) is 5.69 Å². The van der Waals surface area contributed by atoms with E-state index in [9.17, 15) is 9.18 Å². The number of carbonyl (C=O) groups excluding carboxylic acids is 1. The summed E-state index contributed by atoms with van der Waals surface area (Å²) in [5.41, 5.74) is 1.36. The SMILES string of the molecule is O=C(OCc1nc(-c2ccc(F)cc2)no1)c1sccc1-n1cccc1. The molecule has 0 radical (unpaired) electrons. The number of nitrogens with zero attached hydrogens (tertiary/aromatic N) is 3. The Morgan fingerprint density at radius 2 is 1.96 bits per heavy atom. The van der Waals surface area contributed by atoms with Crippen LogP contribution >= 0.6 is 11.3 Å². The van der Waals surface area contributed by atoms with E-state index in [1.165, 1.54) is 23.5 Å². The second kappa shape index (κ2) is 6.93. The number of hydrogen-bond donors (Lipinski definition) is 0. The van der Waals surface area contributed by atoms with Crippen LogP contribution in [-0.2, 0) is 11.3 Å². The van der Waals surface area contributed by atoms with Gasteiger partial charge < -0.3 is 13.8 Å². The minimum absolute atomic E-state index is 0.143. The zero-order valence-electron chi connectivity index (χ0n) is 13.3. The lowest BCUT2D eigenvalue weighted by Crippen LogP contribution is -2.06. The number of ether oxygens (including phenoxy) is 1. The third-order valence-electron chi connectivity index (χ3n) is 3.61. The van der Waals surface area contributed by atoms with E-state index < -0.39 is 5.97 Å². The highest BCUT2D eigenvalue weighted by atomic mass is 32.1. The molecule has 0 unspecified atom stereocenters. The molecule has 0 atom stereocenters. The van der Waals surface area contributed by atoms with Crippen LogP contribution in [0.1, 0.15) is 15.6 Å². The van der Waals surface area contributed by atoms with Crippen molar-refractivity contribution >= 4 is 17.3 Å². The first-order valence-electron chi connectivity index (χ1n) is 7.67. The Bertz CT molecular complexity index is 1020. The quantitative estimate of drug-likeness (QED) is 0.496. The van der Waals surface area contributed by atoms with Gasteiger partial charge in [0.05, 0.1) is 5.69 Å². The second-order valence-corrected chi connectivity index (χ2v) is 6.24. The summed E-state index contributed by atoms with van der Waals surface area (Å²) in [7, 11) is 0. The smallest absolute Gasteiger partial charge is 0.350 e. The topological polar surface area (TPSA) is 70.2 Å². The van der Waals surface area contributed by atoms with E-state index in [4.69, 9.17) is 9.26 Å². The standard InChI is InChI=1S/C18H12FN3O3S/c19-13-5-3-12(4-6-13)17-20-15(25-21-17)11-24-18(23)16-14(7-10-26-16)22-8-1-2-9-22/h1-10H,11H2. The number of hydrogen-bond acceptors (Lipinski definition) is 6. The molecule has 4 aromatic rings. The summed E-state index contributed by atoms with van der Waals surface area (Å²) in [5, 5.41) is 5.64. The van der Waals surface area contributed by atoms with E-state index >= 15 is 0 Å². The van der Waals surface area contributed by atoms with Crippen molar-refractivity contribution in [3.8, 4) is 17.1 Å². The van der Waals surface area contributed by atoms with Crippen LogP contribution in [0.2, 0.25) is 0 Å². The fourth-order valence-electron chi connectivity index (χ4n) is 2.38. The first-order chi connectivity index (χ1) is 12.7. The van der Waals surface area contributed by atoms with Crippen LogP contribution in [-0.4, -0.2) is 20.7 Å². The van der Waals surface area contributed by atoms with Crippen LogP contribution in [0.15, 0.2) is 64.8 Å². The molecule has 0 aliphatic heterocycles. The molecule has 8 heteroatoms. The van der Waals surface area contributed by atoms with Gasteiger partial charge in [0.1, 0.15) is 10.7 Å². The van der Waals surface area contributed by atoms with Crippen LogP contribution in [0.5, 0.6) is 0 Å². The molecule has 0 N–H and O–H groups in total. The van der Waals surface area contributed by atoms with Crippen molar-refractivity contribution in [2.45, 2.75) is 6.61 Å². The largest absolute Gasteiger partial charge is 0.451 e. The number of halogens is 1. The van der Waals surface area contributed by atoms with Crippen molar-refractivity contribution in [2.75, 3.05) is 0 Å². The van der Waals surface area contributed by atoms with Gasteiger partial charge in [-0.2, -0.15) is 4.98 Å². The summed E-state index contributed by atoms with van der Waals surface area (Å²) < 4.78 is 25.2. The molecule has 0 spiro atoms. The van der Waals surface area contributed by atoms with Crippen LogP contribution in [0.3, 0.4) is 0 Å². The lowest BCUT2D eigenvalue weighted by Gasteiger charge is -2.04. The molecule has 26 heavy (non-hydrogen) atoms. The molecule has 0 aliphatic carbocycles. The highest BCUT2D eigenvalue weighted by Gasteiger charge is 2.17. The lowest BCUT2D eigenvalue weighted by molar-refractivity contribution is 0.0435. The predicted molar refractivity (Wildman–Crippen MR) is 92.5 cm³/mol.